The van der Waals surface area contributed by atoms with Gasteiger partial charge in [-0.15, -0.1) is 0 Å². The molecule has 1 fully saturated rings. The first-order chi connectivity index (χ1) is 10.8. The minimum atomic E-state index is 0.275. The summed E-state index contributed by atoms with van der Waals surface area (Å²) in [5, 5.41) is 0. The minimum Gasteiger partial charge on any atom is -0.298 e. The Kier molecular flexibility index (Phi) is 5.02. The molecule has 1 unspecified atom stereocenters. The number of rotatable bonds is 4. The molecular formula is C20H24N2. The van der Waals surface area contributed by atoms with Gasteiger partial charge in [-0.25, -0.2) is 0 Å². The van der Waals surface area contributed by atoms with Crippen LogP contribution in [0, 0.1) is 0 Å². The summed E-state index contributed by atoms with van der Waals surface area (Å²) in [7, 11) is 0. The maximum atomic E-state index is 4.94. The van der Waals surface area contributed by atoms with Crippen molar-refractivity contribution in [2.45, 2.75) is 32.4 Å². The first kappa shape index (κ1) is 15.0. The summed E-state index contributed by atoms with van der Waals surface area (Å²) >= 11 is 0. The highest BCUT2D eigenvalue weighted by atomic mass is 15.1. The molecule has 0 aromatic heterocycles. The Bertz CT molecular complexity index is 594. The van der Waals surface area contributed by atoms with Crippen molar-refractivity contribution in [3.63, 3.8) is 0 Å². The topological polar surface area (TPSA) is 15.6 Å². The zero-order chi connectivity index (χ0) is 15.2. The summed E-state index contributed by atoms with van der Waals surface area (Å²) in [6.07, 6.45) is 2.20. The third kappa shape index (κ3) is 4.05. The Morgan fingerprint density at radius 3 is 2.14 bits per heavy atom. The van der Waals surface area contributed by atoms with E-state index in [2.05, 4.69) is 72.5 Å². The molecule has 1 saturated heterocycles. The van der Waals surface area contributed by atoms with Gasteiger partial charge in [0.1, 0.15) is 0 Å². The van der Waals surface area contributed by atoms with E-state index in [1.165, 1.54) is 16.8 Å². The summed E-state index contributed by atoms with van der Waals surface area (Å²) < 4.78 is 0. The number of likely N-dealkylation sites (tertiary alicyclic amines) is 1. The second-order valence-electron chi connectivity index (χ2n) is 6.04. The molecule has 0 N–H and O–H groups in total. The van der Waals surface area contributed by atoms with Crippen LogP contribution in [0.15, 0.2) is 65.7 Å². The van der Waals surface area contributed by atoms with Crippen LogP contribution in [0.5, 0.6) is 0 Å². The summed E-state index contributed by atoms with van der Waals surface area (Å²) in [5.74, 6) is 0. The highest BCUT2D eigenvalue weighted by molar-refractivity contribution is 5.85. The minimum absolute atomic E-state index is 0.275. The van der Waals surface area contributed by atoms with Gasteiger partial charge in [-0.3, -0.25) is 9.89 Å². The summed E-state index contributed by atoms with van der Waals surface area (Å²) in [5.41, 5.74) is 4.09. The van der Waals surface area contributed by atoms with Crippen molar-refractivity contribution in [3.05, 3.63) is 71.8 Å². The quantitative estimate of drug-likeness (QED) is 0.811. The summed E-state index contributed by atoms with van der Waals surface area (Å²) in [6, 6.07) is 21.6. The van der Waals surface area contributed by atoms with Crippen LogP contribution in [-0.4, -0.2) is 23.7 Å². The molecule has 0 aliphatic carbocycles. The predicted octanol–water partition coefficient (Wildman–Crippen LogP) is 4.48. The van der Waals surface area contributed by atoms with Gasteiger partial charge in [0.15, 0.2) is 0 Å². The van der Waals surface area contributed by atoms with E-state index < -0.39 is 0 Å². The normalized spacial score (nSPS) is 17.2. The van der Waals surface area contributed by atoms with Crippen LogP contribution in [-0.2, 0) is 6.54 Å². The predicted molar refractivity (Wildman–Crippen MR) is 93.2 cm³/mol. The number of aliphatic imine (C=N–C) groups is 1. The summed E-state index contributed by atoms with van der Waals surface area (Å²) in [4.78, 5) is 7.47. The van der Waals surface area contributed by atoms with Gasteiger partial charge in [-0.05, 0) is 30.9 Å². The molecule has 1 atom stereocenters. The molecule has 1 aliphatic rings. The van der Waals surface area contributed by atoms with Crippen molar-refractivity contribution in [2.75, 3.05) is 13.1 Å². The number of piperidine rings is 1. The Labute approximate surface area is 133 Å². The van der Waals surface area contributed by atoms with E-state index >= 15 is 0 Å². The van der Waals surface area contributed by atoms with Crippen LogP contribution in [0.3, 0.4) is 0 Å². The van der Waals surface area contributed by atoms with Crippen LogP contribution >= 0.6 is 0 Å². The highest BCUT2D eigenvalue weighted by Crippen LogP contribution is 2.19. The average Bonchev–Trinajstić information content (AvgIpc) is 2.58. The lowest BCUT2D eigenvalue weighted by atomic mass is 10.1. The summed E-state index contributed by atoms with van der Waals surface area (Å²) in [6.45, 7) is 5.49. The Hall–Kier alpha value is -1.93. The average molecular weight is 292 g/mol. The van der Waals surface area contributed by atoms with Gasteiger partial charge >= 0.3 is 0 Å². The third-order valence-electron chi connectivity index (χ3n) is 4.34. The van der Waals surface area contributed by atoms with E-state index in [0.29, 0.717) is 0 Å². The number of benzene rings is 2. The van der Waals surface area contributed by atoms with Gasteiger partial charge in [0, 0.05) is 25.3 Å². The number of hydrogen-bond donors (Lipinski definition) is 0. The molecule has 0 spiro atoms. The van der Waals surface area contributed by atoms with E-state index in [9.17, 15) is 0 Å². The van der Waals surface area contributed by atoms with Gasteiger partial charge in [0.2, 0.25) is 0 Å². The SMILES string of the molecule is CC(N=C1CCN(Cc2ccccc2)CC1)c1ccccc1. The van der Waals surface area contributed by atoms with Crippen molar-refractivity contribution in [1.82, 2.24) is 4.90 Å². The molecule has 114 valence electrons. The van der Waals surface area contributed by atoms with Crippen molar-refractivity contribution < 1.29 is 0 Å². The molecule has 2 aromatic rings. The van der Waals surface area contributed by atoms with Crippen LogP contribution in [0.4, 0.5) is 0 Å². The van der Waals surface area contributed by atoms with E-state index in [1.807, 2.05) is 0 Å². The molecule has 2 aromatic carbocycles. The monoisotopic (exact) mass is 292 g/mol. The van der Waals surface area contributed by atoms with Gasteiger partial charge in [0.05, 0.1) is 6.04 Å². The number of hydrogen-bond acceptors (Lipinski definition) is 2. The first-order valence-corrected chi connectivity index (χ1v) is 8.18. The van der Waals surface area contributed by atoms with Gasteiger partial charge < -0.3 is 0 Å². The van der Waals surface area contributed by atoms with Crippen LogP contribution in [0.2, 0.25) is 0 Å². The highest BCUT2D eigenvalue weighted by Gasteiger charge is 2.16. The van der Waals surface area contributed by atoms with Crippen molar-refractivity contribution in [3.8, 4) is 0 Å². The number of nitrogens with zero attached hydrogens (tertiary/aromatic N) is 2. The molecule has 2 heteroatoms. The van der Waals surface area contributed by atoms with E-state index in [0.717, 1.165) is 32.5 Å². The fourth-order valence-electron chi connectivity index (χ4n) is 3.02. The van der Waals surface area contributed by atoms with Gasteiger partial charge in [-0.2, -0.15) is 0 Å². The van der Waals surface area contributed by atoms with Crippen LogP contribution in [0.1, 0.15) is 36.9 Å². The molecule has 2 nitrogen and oxygen atoms in total. The van der Waals surface area contributed by atoms with Crippen LogP contribution < -0.4 is 0 Å². The fraction of sp³-hybridized carbons (Fsp3) is 0.350. The molecule has 1 heterocycles. The third-order valence-corrected chi connectivity index (χ3v) is 4.34. The van der Waals surface area contributed by atoms with Crippen molar-refractivity contribution in [2.24, 2.45) is 4.99 Å². The standard InChI is InChI=1S/C20H24N2/c1-17(19-10-6-3-7-11-19)21-20-12-14-22(15-13-20)16-18-8-4-2-5-9-18/h2-11,17H,12-16H2,1H3. The Morgan fingerprint density at radius 2 is 1.50 bits per heavy atom. The van der Waals surface area contributed by atoms with Crippen molar-refractivity contribution in [1.29, 1.82) is 0 Å². The Balaban J connectivity index is 1.54. The molecule has 0 bridgehead atoms. The molecule has 0 saturated carbocycles. The smallest absolute Gasteiger partial charge is 0.0720 e. The molecule has 0 amide bonds. The first-order valence-electron chi connectivity index (χ1n) is 8.18. The maximum Gasteiger partial charge on any atom is 0.0720 e. The molecular weight excluding hydrogens is 268 g/mol. The van der Waals surface area contributed by atoms with E-state index in [-0.39, 0.29) is 6.04 Å². The second kappa shape index (κ2) is 7.37. The zero-order valence-electron chi connectivity index (χ0n) is 13.3. The fourth-order valence-corrected chi connectivity index (χ4v) is 3.02. The van der Waals surface area contributed by atoms with E-state index in [4.69, 9.17) is 4.99 Å². The second-order valence-corrected chi connectivity index (χ2v) is 6.04. The lowest BCUT2D eigenvalue weighted by Crippen LogP contribution is -2.33. The largest absolute Gasteiger partial charge is 0.298 e. The van der Waals surface area contributed by atoms with Gasteiger partial charge in [0.25, 0.3) is 0 Å². The lowest BCUT2D eigenvalue weighted by molar-refractivity contribution is 0.266. The lowest BCUT2D eigenvalue weighted by Gasteiger charge is -2.28. The molecule has 3 rings (SSSR count). The van der Waals surface area contributed by atoms with Gasteiger partial charge in [-0.1, -0.05) is 60.7 Å². The molecule has 1 aliphatic heterocycles. The molecule has 0 radical (unpaired) electrons. The van der Waals surface area contributed by atoms with Crippen LogP contribution in [0.25, 0.3) is 0 Å². The maximum absolute atomic E-state index is 4.94. The zero-order valence-corrected chi connectivity index (χ0v) is 13.3. The Morgan fingerprint density at radius 1 is 0.909 bits per heavy atom. The molecule has 22 heavy (non-hydrogen) atoms. The van der Waals surface area contributed by atoms with Crippen molar-refractivity contribution >= 4 is 5.71 Å². The van der Waals surface area contributed by atoms with E-state index in [1.54, 1.807) is 0 Å².